The summed E-state index contributed by atoms with van der Waals surface area (Å²) < 4.78 is 5.86. The Morgan fingerprint density at radius 1 is 0.861 bits per heavy atom. The number of ether oxygens (including phenoxy) is 1. The summed E-state index contributed by atoms with van der Waals surface area (Å²) in [4.78, 5) is 42.2. The smallest absolute Gasteiger partial charge is 0.328 e. The van der Waals surface area contributed by atoms with Crippen LogP contribution in [0.2, 0.25) is 0 Å². The van der Waals surface area contributed by atoms with Gasteiger partial charge in [0.1, 0.15) is 12.1 Å². The normalized spacial score (nSPS) is 12.5. The van der Waals surface area contributed by atoms with E-state index in [0.29, 0.717) is 5.56 Å². The van der Waals surface area contributed by atoms with E-state index in [2.05, 4.69) is 31.5 Å². The minimum atomic E-state index is -0.922. The van der Waals surface area contributed by atoms with Crippen molar-refractivity contribution in [1.29, 1.82) is 0 Å². The molecule has 0 saturated carbocycles. The van der Waals surface area contributed by atoms with Crippen LogP contribution < -0.4 is 10.6 Å². The summed E-state index contributed by atoms with van der Waals surface area (Å²) in [5.41, 5.74) is 3.11. The number of esters is 1. The number of amides is 2. The Balaban J connectivity index is 1.58. The molecule has 1 aromatic heterocycles. The van der Waals surface area contributed by atoms with Gasteiger partial charge in [0.25, 0.3) is 5.91 Å². The fourth-order valence-corrected chi connectivity index (χ4v) is 4.29. The van der Waals surface area contributed by atoms with Crippen LogP contribution in [-0.4, -0.2) is 42.0 Å². The molecule has 8 heteroatoms. The maximum absolute atomic E-state index is 13.5. The molecular weight excluding hydrogens is 522 g/mol. The number of aromatic amines is 1. The molecule has 0 bridgehead atoms. The molecule has 1 heterocycles. The van der Waals surface area contributed by atoms with Gasteiger partial charge in [-0.1, -0.05) is 64.5 Å². The zero-order valence-electron chi connectivity index (χ0n) is 19.7. The molecular formula is C28H26BrN3O4. The number of benzene rings is 3. The number of aromatic nitrogens is 1. The second kappa shape index (κ2) is 11.7. The zero-order valence-corrected chi connectivity index (χ0v) is 21.2. The minimum Gasteiger partial charge on any atom is -0.467 e. The standard InChI is InChI=1S/C28H26BrN3O4/c1-36-28(35)25(15-18-11-13-21(29)14-12-18)32-27(34)24(31-26(33)19-7-3-2-4-8-19)16-20-17-30-23-10-6-5-9-22(20)23/h2-14,17,24-25,30H,15-16H2,1H3,(H,31,33)(H,32,34)/t24-,25+/m0/s1. The number of H-pyrrole nitrogens is 1. The molecule has 4 aromatic rings. The van der Waals surface area contributed by atoms with Gasteiger partial charge in [0.2, 0.25) is 5.91 Å². The van der Waals surface area contributed by atoms with E-state index in [0.717, 1.165) is 26.5 Å². The Kier molecular flexibility index (Phi) is 8.17. The topological polar surface area (TPSA) is 100 Å². The van der Waals surface area contributed by atoms with Gasteiger partial charge in [0.15, 0.2) is 0 Å². The summed E-state index contributed by atoms with van der Waals surface area (Å²) in [5.74, 6) is -1.42. The summed E-state index contributed by atoms with van der Waals surface area (Å²) in [6.45, 7) is 0. The van der Waals surface area contributed by atoms with Crippen LogP contribution in [-0.2, 0) is 27.2 Å². The first kappa shape index (κ1) is 25.2. The molecule has 4 rings (SSSR count). The fraction of sp³-hybridized carbons (Fsp3) is 0.179. The van der Waals surface area contributed by atoms with E-state index in [1.807, 2.05) is 60.8 Å². The monoisotopic (exact) mass is 547 g/mol. The van der Waals surface area contributed by atoms with Crippen LogP contribution in [0.4, 0.5) is 0 Å². The first-order chi connectivity index (χ1) is 17.4. The molecule has 3 N–H and O–H groups in total. The zero-order chi connectivity index (χ0) is 25.5. The lowest BCUT2D eigenvalue weighted by molar-refractivity contribution is -0.145. The van der Waals surface area contributed by atoms with Gasteiger partial charge in [-0.3, -0.25) is 9.59 Å². The van der Waals surface area contributed by atoms with Crippen molar-refractivity contribution in [3.05, 3.63) is 106 Å². The molecule has 0 aliphatic carbocycles. The van der Waals surface area contributed by atoms with Gasteiger partial charge in [-0.2, -0.15) is 0 Å². The predicted octanol–water partition coefficient (Wildman–Crippen LogP) is 4.17. The number of halogens is 1. The quantitative estimate of drug-likeness (QED) is 0.274. The highest BCUT2D eigenvalue weighted by atomic mass is 79.9. The van der Waals surface area contributed by atoms with Crippen LogP contribution >= 0.6 is 15.9 Å². The average Bonchev–Trinajstić information content (AvgIpc) is 3.31. The van der Waals surface area contributed by atoms with Crippen molar-refractivity contribution >= 4 is 44.6 Å². The highest BCUT2D eigenvalue weighted by Crippen LogP contribution is 2.20. The summed E-state index contributed by atoms with van der Waals surface area (Å²) in [6.07, 6.45) is 2.32. The Labute approximate surface area is 217 Å². The molecule has 0 radical (unpaired) electrons. The van der Waals surface area contributed by atoms with E-state index in [9.17, 15) is 14.4 Å². The number of hydrogen-bond donors (Lipinski definition) is 3. The van der Waals surface area contributed by atoms with E-state index < -0.39 is 24.0 Å². The van der Waals surface area contributed by atoms with Gasteiger partial charge in [-0.25, -0.2) is 4.79 Å². The number of methoxy groups -OCH3 is 1. The third-order valence-corrected chi connectivity index (χ3v) is 6.44. The van der Waals surface area contributed by atoms with Gasteiger partial charge in [0, 0.05) is 40.0 Å². The fourth-order valence-electron chi connectivity index (χ4n) is 4.02. The second-order valence-corrected chi connectivity index (χ2v) is 9.29. The number of rotatable bonds is 9. The van der Waals surface area contributed by atoms with E-state index in [4.69, 9.17) is 4.74 Å². The van der Waals surface area contributed by atoms with E-state index in [-0.39, 0.29) is 18.7 Å². The van der Waals surface area contributed by atoms with Crippen molar-refractivity contribution in [2.75, 3.05) is 7.11 Å². The Bertz CT molecular complexity index is 1350. The molecule has 2 amide bonds. The van der Waals surface area contributed by atoms with Gasteiger partial charge in [-0.15, -0.1) is 0 Å². The average molecular weight is 548 g/mol. The molecule has 0 saturated heterocycles. The van der Waals surface area contributed by atoms with Crippen molar-refractivity contribution in [2.24, 2.45) is 0 Å². The van der Waals surface area contributed by atoms with Crippen LogP contribution in [0.5, 0.6) is 0 Å². The maximum Gasteiger partial charge on any atom is 0.328 e. The third kappa shape index (κ3) is 6.20. The van der Waals surface area contributed by atoms with E-state index in [1.165, 1.54) is 7.11 Å². The largest absolute Gasteiger partial charge is 0.467 e. The first-order valence-electron chi connectivity index (χ1n) is 11.5. The van der Waals surface area contributed by atoms with Crippen LogP contribution in [0.25, 0.3) is 10.9 Å². The van der Waals surface area contributed by atoms with Crippen LogP contribution in [0.1, 0.15) is 21.5 Å². The summed E-state index contributed by atoms with van der Waals surface area (Å²) >= 11 is 3.40. The molecule has 184 valence electrons. The second-order valence-electron chi connectivity index (χ2n) is 8.37. The molecule has 0 spiro atoms. The molecule has 0 aliphatic heterocycles. The van der Waals surface area contributed by atoms with Crippen molar-refractivity contribution in [3.8, 4) is 0 Å². The Hall–Kier alpha value is -3.91. The molecule has 0 aliphatic rings. The number of carbonyl (C=O) groups is 3. The van der Waals surface area contributed by atoms with Crippen LogP contribution in [0.15, 0.2) is 89.5 Å². The molecule has 2 atom stereocenters. The SMILES string of the molecule is COC(=O)[C@@H](Cc1ccc(Br)cc1)NC(=O)[C@H](Cc1c[nH]c2ccccc12)NC(=O)c1ccccc1. The molecule has 7 nitrogen and oxygen atoms in total. The maximum atomic E-state index is 13.5. The molecule has 36 heavy (non-hydrogen) atoms. The van der Waals surface area contributed by atoms with Crippen molar-refractivity contribution in [2.45, 2.75) is 24.9 Å². The molecule has 3 aromatic carbocycles. The lowest BCUT2D eigenvalue weighted by Gasteiger charge is -2.22. The van der Waals surface area contributed by atoms with Crippen LogP contribution in [0.3, 0.4) is 0 Å². The lowest BCUT2D eigenvalue weighted by Crippen LogP contribution is -2.53. The number of carbonyl (C=O) groups excluding carboxylic acids is 3. The highest BCUT2D eigenvalue weighted by Gasteiger charge is 2.28. The predicted molar refractivity (Wildman–Crippen MR) is 141 cm³/mol. The van der Waals surface area contributed by atoms with E-state index in [1.54, 1.807) is 24.3 Å². The van der Waals surface area contributed by atoms with Crippen LogP contribution in [0, 0.1) is 0 Å². The number of para-hydroxylation sites is 1. The van der Waals surface area contributed by atoms with Gasteiger partial charge >= 0.3 is 5.97 Å². The van der Waals surface area contributed by atoms with Gasteiger partial charge in [0.05, 0.1) is 7.11 Å². The van der Waals surface area contributed by atoms with Crippen molar-refractivity contribution in [3.63, 3.8) is 0 Å². The molecule has 0 unspecified atom stereocenters. The summed E-state index contributed by atoms with van der Waals surface area (Å²) in [6, 6.07) is 22.1. The van der Waals surface area contributed by atoms with E-state index >= 15 is 0 Å². The van der Waals surface area contributed by atoms with Gasteiger partial charge in [-0.05, 0) is 41.5 Å². The summed E-state index contributed by atoms with van der Waals surface area (Å²) in [5, 5.41) is 6.61. The highest BCUT2D eigenvalue weighted by molar-refractivity contribution is 9.10. The number of fused-ring (bicyclic) bond motifs is 1. The van der Waals surface area contributed by atoms with Gasteiger partial charge < -0.3 is 20.4 Å². The minimum absolute atomic E-state index is 0.237. The molecule has 0 fully saturated rings. The Morgan fingerprint density at radius 3 is 2.28 bits per heavy atom. The lowest BCUT2D eigenvalue weighted by atomic mass is 10.0. The number of hydrogen-bond acceptors (Lipinski definition) is 4. The first-order valence-corrected chi connectivity index (χ1v) is 12.3. The number of nitrogens with one attached hydrogen (secondary N) is 3. The van der Waals surface area contributed by atoms with Crippen molar-refractivity contribution < 1.29 is 19.1 Å². The third-order valence-electron chi connectivity index (χ3n) is 5.91. The summed E-state index contributed by atoms with van der Waals surface area (Å²) in [7, 11) is 1.28. The van der Waals surface area contributed by atoms with Crippen molar-refractivity contribution in [1.82, 2.24) is 15.6 Å². The Morgan fingerprint density at radius 2 is 1.56 bits per heavy atom.